The number of hydrogen-bond acceptors (Lipinski definition) is 8. The molecule has 1 aliphatic rings. The highest BCUT2D eigenvalue weighted by Crippen LogP contribution is 2.34. The number of thiazole rings is 1. The van der Waals surface area contributed by atoms with Gasteiger partial charge in [-0.25, -0.2) is 4.98 Å². The summed E-state index contributed by atoms with van der Waals surface area (Å²) in [6.45, 7) is 4.54. The Kier molecular flexibility index (Phi) is 8.20. The van der Waals surface area contributed by atoms with Crippen LogP contribution in [0.1, 0.15) is 21.7 Å². The second-order valence-corrected chi connectivity index (χ2v) is 9.76. The molecule has 0 amide bonds. The molecule has 2 heterocycles. The van der Waals surface area contributed by atoms with Crippen LogP contribution in [0.5, 0.6) is 11.5 Å². The van der Waals surface area contributed by atoms with Crippen LogP contribution in [0.15, 0.2) is 47.6 Å². The molecule has 3 aromatic rings. The number of benzene rings is 2. The van der Waals surface area contributed by atoms with Gasteiger partial charge in [0.05, 0.1) is 28.8 Å². The zero-order valence-electron chi connectivity index (χ0n) is 20.5. The molecule has 3 N–H and O–H groups in total. The molecule has 4 rings (SSSR count). The van der Waals surface area contributed by atoms with Gasteiger partial charge in [0.2, 0.25) is 0 Å². The quantitative estimate of drug-likeness (QED) is 0.193. The second-order valence-electron chi connectivity index (χ2n) is 8.68. The number of piperazine rings is 1. The molecule has 0 radical (unpaired) electrons. The lowest BCUT2D eigenvalue weighted by atomic mass is 10.1. The number of ether oxygens (including phenoxy) is 2. The van der Waals surface area contributed by atoms with Crippen molar-refractivity contribution in [1.82, 2.24) is 14.8 Å². The lowest BCUT2D eigenvalue weighted by molar-refractivity contribution is -0.137. The van der Waals surface area contributed by atoms with Crippen LogP contribution in [-0.2, 0) is 19.3 Å². The number of likely N-dealkylation sites (N-methyl/N-ethyl adjacent to an activating group) is 1. The lowest BCUT2D eigenvalue weighted by Gasteiger charge is -2.32. The van der Waals surface area contributed by atoms with Crippen LogP contribution >= 0.6 is 11.3 Å². The highest BCUT2D eigenvalue weighted by Gasteiger charge is 2.30. The van der Waals surface area contributed by atoms with Gasteiger partial charge in [-0.1, -0.05) is 17.3 Å². The van der Waals surface area contributed by atoms with E-state index in [0.29, 0.717) is 34.2 Å². The number of amidine groups is 1. The smallest absolute Gasteiger partial charge is 0.416 e. The first-order valence-electron chi connectivity index (χ1n) is 11.5. The summed E-state index contributed by atoms with van der Waals surface area (Å²) in [4.78, 5) is 10.3. The molecule has 0 saturated carbocycles. The van der Waals surface area contributed by atoms with E-state index in [0.717, 1.165) is 48.9 Å². The van der Waals surface area contributed by atoms with E-state index in [1.165, 1.54) is 30.6 Å². The Hall–Kier alpha value is -3.35. The standard InChI is InChI=1S/C25H28F3N5O3S/c1-32-9-11-33(12-10-32)14-20-22(15-36-18-7-8-19(23(29)31-34)21(13-18)35-2)37-24(30-20)16-3-5-17(6-4-16)25(26,27)28/h3-8,13,34H,9-12,14-15H2,1-2H3,(H2,29,31). The van der Waals surface area contributed by atoms with E-state index < -0.39 is 11.7 Å². The Labute approximate surface area is 216 Å². The number of alkyl halides is 3. The zero-order chi connectivity index (χ0) is 26.6. The van der Waals surface area contributed by atoms with Gasteiger partial charge in [0.1, 0.15) is 23.1 Å². The van der Waals surface area contributed by atoms with Gasteiger partial charge in [-0.15, -0.1) is 11.3 Å². The SMILES string of the molecule is COc1cc(OCc2sc(-c3ccc(C(F)(F)F)cc3)nc2CN2CCN(C)CC2)ccc1/C(N)=N/O. The minimum absolute atomic E-state index is 0.0819. The van der Waals surface area contributed by atoms with E-state index >= 15 is 0 Å². The molecular weight excluding hydrogens is 507 g/mol. The third-order valence-corrected chi connectivity index (χ3v) is 7.25. The topological polar surface area (TPSA) is 96.4 Å². The van der Waals surface area contributed by atoms with E-state index in [2.05, 4.69) is 22.0 Å². The van der Waals surface area contributed by atoms with Crippen LogP contribution in [0.4, 0.5) is 13.2 Å². The molecule has 37 heavy (non-hydrogen) atoms. The van der Waals surface area contributed by atoms with Gasteiger partial charge in [-0.05, 0) is 31.3 Å². The molecule has 1 aliphatic heterocycles. The molecule has 1 saturated heterocycles. The van der Waals surface area contributed by atoms with Crippen molar-refractivity contribution in [3.8, 4) is 22.1 Å². The van der Waals surface area contributed by atoms with Gasteiger partial charge < -0.3 is 25.3 Å². The van der Waals surface area contributed by atoms with E-state index in [1.54, 1.807) is 18.2 Å². The van der Waals surface area contributed by atoms with Crippen molar-refractivity contribution in [3.63, 3.8) is 0 Å². The summed E-state index contributed by atoms with van der Waals surface area (Å²) in [6.07, 6.45) is -4.39. The van der Waals surface area contributed by atoms with Crippen LogP contribution in [0.2, 0.25) is 0 Å². The van der Waals surface area contributed by atoms with Crippen molar-refractivity contribution in [2.24, 2.45) is 10.9 Å². The van der Waals surface area contributed by atoms with Gasteiger partial charge >= 0.3 is 6.18 Å². The van der Waals surface area contributed by atoms with E-state index in [4.69, 9.17) is 25.4 Å². The average Bonchev–Trinajstić information content (AvgIpc) is 3.30. The third-order valence-electron chi connectivity index (χ3n) is 6.13. The van der Waals surface area contributed by atoms with Crippen LogP contribution in [0.3, 0.4) is 0 Å². The third kappa shape index (κ3) is 6.51. The Bertz CT molecular complexity index is 1240. The second kappa shape index (κ2) is 11.4. The minimum Gasteiger partial charge on any atom is -0.496 e. The Morgan fingerprint density at radius 2 is 1.84 bits per heavy atom. The fourth-order valence-corrected chi connectivity index (χ4v) is 4.93. The Balaban J connectivity index is 1.58. The summed E-state index contributed by atoms with van der Waals surface area (Å²) in [5.41, 5.74) is 6.88. The Morgan fingerprint density at radius 1 is 1.14 bits per heavy atom. The average molecular weight is 536 g/mol. The van der Waals surface area contributed by atoms with Crippen molar-refractivity contribution >= 4 is 17.2 Å². The lowest BCUT2D eigenvalue weighted by Crippen LogP contribution is -2.44. The van der Waals surface area contributed by atoms with Crippen molar-refractivity contribution in [2.45, 2.75) is 19.3 Å². The van der Waals surface area contributed by atoms with Crippen molar-refractivity contribution in [2.75, 3.05) is 40.3 Å². The molecule has 1 aromatic heterocycles. The number of methoxy groups -OCH3 is 1. The van der Waals surface area contributed by atoms with E-state index in [-0.39, 0.29) is 12.4 Å². The predicted octanol–water partition coefficient (Wildman–Crippen LogP) is 4.26. The predicted molar refractivity (Wildman–Crippen MR) is 135 cm³/mol. The molecule has 0 aliphatic carbocycles. The van der Waals surface area contributed by atoms with Gasteiger partial charge in [0.15, 0.2) is 5.84 Å². The number of rotatable bonds is 8. The number of halogens is 3. The molecule has 2 aromatic carbocycles. The summed E-state index contributed by atoms with van der Waals surface area (Å²) in [5, 5.41) is 12.6. The molecule has 198 valence electrons. The zero-order valence-corrected chi connectivity index (χ0v) is 21.3. The van der Waals surface area contributed by atoms with Gasteiger partial charge in [0, 0.05) is 44.4 Å². The van der Waals surface area contributed by atoms with Crippen molar-refractivity contribution in [1.29, 1.82) is 0 Å². The van der Waals surface area contributed by atoms with Crippen molar-refractivity contribution in [3.05, 3.63) is 64.2 Å². The fraction of sp³-hybridized carbons (Fsp3) is 0.360. The minimum atomic E-state index is -4.39. The number of nitrogens with zero attached hydrogens (tertiary/aromatic N) is 4. The molecule has 0 unspecified atom stereocenters. The number of nitrogens with two attached hydrogens (primary N) is 1. The maximum Gasteiger partial charge on any atom is 0.416 e. The maximum atomic E-state index is 13.0. The van der Waals surface area contributed by atoms with Gasteiger partial charge in [0.25, 0.3) is 0 Å². The number of hydrogen-bond donors (Lipinski definition) is 2. The van der Waals surface area contributed by atoms with Crippen molar-refractivity contribution < 1.29 is 27.9 Å². The molecule has 8 nitrogen and oxygen atoms in total. The first-order valence-corrected chi connectivity index (χ1v) is 12.4. The molecule has 0 atom stereocenters. The fourth-order valence-electron chi connectivity index (χ4n) is 3.94. The molecule has 0 spiro atoms. The van der Waals surface area contributed by atoms with Crippen LogP contribution in [0.25, 0.3) is 10.6 Å². The van der Waals surface area contributed by atoms with Crippen LogP contribution < -0.4 is 15.2 Å². The molecule has 0 bridgehead atoms. The summed E-state index contributed by atoms with van der Waals surface area (Å²) < 4.78 is 50.4. The Morgan fingerprint density at radius 3 is 2.46 bits per heavy atom. The summed E-state index contributed by atoms with van der Waals surface area (Å²) >= 11 is 1.40. The largest absolute Gasteiger partial charge is 0.496 e. The summed E-state index contributed by atoms with van der Waals surface area (Å²) in [7, 11) is 3.56. The van der Waals surface area contributed by atoms with Gasteiger partial charge in [-0.2, -0.15) is 13.2 Å². The van der Waals surface area contributed by atoms with Gasteiger partial charge in [-0.3, -0.25) is 4.90 Å². The van der Waals surface area contributed by atoms with Crippen LogP contribution in [0, 0.1) is 0 Å². The number of oxime groups is 1. The summed E-state index contributed by atoms with van der Waals surface area (Å²) in [5.74, 6) is 0.822. The first kappa shape index (κ1) is 26.7. The molecule has 12 heteroatoms. The molecule has 1 fully saturated rings. The normalized spacial score (nSPS) is 15.6. The monoisotopic (exact) mass is 535 g/mol. The highest BCUT2D eigenvalue weighted by atomic mass is 32.1. The van der Waals surface area contributed by atoms with E-state index in [1.807, 2.05) is 0 Å². The summed E-state index contributed by atoms with van der Waals surface area (Å²) in [6, 6.07) is 10.0. The maximum absolute atomic E-state index is 13.0. The number of aromatic nitrogens is 1. The molecular formula is C25H28F3N5O3S. The highest BCUT2D eigenvalue weighted by molar-refractivity contribution is 7.15. The van der Waals surface area contributed by atoms with E-state index in [9.17, 15) is 13.2 Å². The first-order chi connectivity index (χ1) is 17.7. The van der Waals surface area contributed by atoms with Crippen LogP contribution in [-0.4, -0.2) is 66.2 Å².